The van der Waals surface area contributed by atoms with Crippen LogP contribution in [-0.4, -0.2) is 52.5 Å². The van der Waals surface area contributed by atoms with Crippen molar-refractivity contribution >= 4 is 49.8 Å². The maximum absolute atomic E-state index is 13.3. The number of hydrogen-bond donors (Lipinski definition) is 1. The molecule has 1 aromatic heterocycles. The fraction of sp³-hybridized carbons (Fsp3) is 0.471. The van der Waals surface area contributed by atoms with Gasteiger partial charge in [0.05, 0.1) is 7.11 Å². The van der Waals surface area contributed by atoms with Gasteiger partial charge in [-0.05, 0) is 38.4 Å². The molecule has 0 spiro atoms. The van der Waals surface area contributed by atoms with Crippen molar-refractivity contribution in [1.29, 1.82) is 0 Å². The summed E-state index contributed by atoms with van der Waals surface area (Å²) in [5.41, 5.74) is 0. The first kappa shape index (κ1) is 21.1. The van der Waals surface area contributed by atoms with Crippen LogP contribution in [0.2, 0.25) is 0 Å². The highest BCUT2D eigenvalue weighted by Crippen LogP contribution is 2.37. The number of halogens is 1. The second-order valence-corrected chi connectivity index (χ2v) is 9.08. The fourth-order valence-corrected chi connectivity index (χ4v) is 6.52. The summed E-state index contributed by atoms with van der Waals surface area (Å²) >= 11 is 1.17. The van der Waals surface area contributed by atoms with Crippen molar-refractivity contribution in [2.75, 3.05) is 33.8 Å². The molecule has 26 heavy (non-hydrogen) atoms. The summed E-state index contributed by atoms with van der Waals surface area (Å²) in [5.74, 6) is -0.124. The summed E-state index contributed by atoms with van der Waals surface area (Å²) in [7, 11) is -0.571. The molecule has 2 aromatic rings. The summed E-state index contributed by atoms with van der Waals surface area (Å²) in [5, 5.41) is 3.74. The average Bonchev–Trinajstić information content (AvgIpc) is 3.02. The van der Waals surface area contributed by atoms with Crippen molar-refractivity contribution in [3.05, 3.63) is 29.1 Å². The number of thiophene rings is 1. The van der Waals surface area contributed by atoms with E-state index < -0.39 is 16.0 Å². The monoisotopic (exact) mass is 418 g/mol. The first-order valence-electron chi connectivity index (χ1n) is 8.23. The molecule has 0 unspecified atom stereocenters. The number of sulfonamides is 1. The first-order chi connectivity index (χ1) is 12.0. The molecule has 0 amide bonds. The van der Waals surface area contributed by atoms with Gasteiger partial charge in [-0.3, -0.25) is 0 Å². The molecule has 0 saturated carbocycles. The molecular formula is C17H23ClN2O4S2. The number of methoxy groups -OCH3 is 1. The van der Waals surface area contributed by atoms with Gasteiger partial charge < -0.3 is 10.1 Å². The SMILES string of the molecule is CNCC1CCN(S(=O)(=O)c2c(C(=O)OC)sc3ccccc23)CC1.Cl. The second kappa shape index (κ2) is 8.67. The zero-order chi connectivity index (χ0) is 18.0. The van der Waals surface area contributed by atoms with Crippen LogP contribution in [0.3, 0.4) is 0 Å². The smallest absolute Gasteiger partial charge is 0.349 e. The lowest BCUT2D eigenvalue weighted by Gasteiger charge is -2.31. The Labute approximate surface area is 164 Å². The molecule has 0 atom stereocenters. The van der Waals surface area contributed by atoms with Gasteiger partial charge in [0.2, 0.25) is 10.0 Å². The molecule has 1 saturated heterocycles. The third kappa shape index (κ3) is 3.89. The molecule has 1 N–H and O–H groups in total. The molecule has 0 radical (unpaired) electrons. The standard InChI is InChI=1S/C17H22N2O4S2.ClH/c1-18-11-12-7-9-19(10-8-12)25(21,22)16-13-5-3-4-6-14(13)24-15(16)17(20)23-2;/h3-6,12,18H,7-11H2,1-2H3;1H. The van der Waals surface area contributed by atoms with Crippen molar-refractivity contribution in [3.8, 4) is 0 Å². The van der Waals surface area contributed by atoms with Gasteiger partial charge in [-0.2, -0.15) is 4.31 Å². The third-order valence-corrected chi connectivity index (χ3v) is 7.85. The molecule has 1 aliphatic rings. The van der Waals surface area contributed by atoms with E-state index in [9.17, 15) is 13.2 Å². The summed E-state index contributed by atoms with van der Waals surface area (Å²) in [6.45, 7) is 1.83. The van der Waals surface area contributed by atoms with Gasteiger partial charge in [0.15, 0.2) is 0 Å². The van der Waals surface area contributed by atoms with Gasteiger partial charge in [0.1, 0.15) is 9.77 Å². The molecular weight excluding hydrogens is 396 g/mol. The van der Waals surface area contributed by atoms with E-state index in [0.717, 1.165) is 24.1 Å². The normalized spacial score (nSPS) is 16.4. The highest BCUT2D eigenvalue weighted by atomic mass is 35.5. The summed E-state index contributed by atoms with van der Waals surface area (Å²) in [6, 6.07) is 7.19. The minimum Gasteiger partial charge on any atom is -0.465 e. The van der Waals surface area contributed by atoms with Gasteiger partial charge in [-0.1, -0.05) is 18.2 Å². The zero-order valence-electron chi connectivity index (χ0n) is 14.7. The van der Waals surface area contributed by atoms with Gasteiger partial charge in [0, 0.05) is 23.2 Å². The Morgan fingerprint density at radius 3 is 2.58 bits per heavy atom. The maximum atomic E-state index is 13.3. The minimum absolute atomic E-state index is 0. The van der Waals surface area contributed by atoms with Crippen LogP contribution in [0.1, 0.15) is 22.5 Å². The largest absolute Gasteiger partial charge is 0.465 e. The molecule has 9 heteroatoms. The molecule has 6 nitrogen and oxygen atoms in total. The number of esters is 1. The summed E-state index contributed by atoms with van der Waals surface area (Å²) in [4.78, 5) is 12.4. The Hall–Kier alpha value is -1.19. The Balaban J connectivity index is 0.00000243. The van der Waals surface area contributed by atoms with Crippen LogP contribution in [0.15, 0.2) is 29.2 Å². The van der Waals surface area contributed by atoms with Crippen LogP contribution in [0.4, 0.5) is 0 Å². The number of carbonyl (C=O) groups excluding carboxylic acids is 1. The fourth-order valence-electron chi connectivity index (χ4n) is 3.28. The van der Waals surface area contributed by atoms with E-state index in [1.807, 2.05) is 19.2 Å². The van der Waals surface area contributed by atoms with E-state index in [1.165, 1.54) is 22.8 Å². The predicted octanol–water partition coefficient (Wildman–Crippen LogP) is 2.73. The first-order valence-corrected chi connectivity index (χ1v) is 10.5. The second-order valence-electron chi connectivity index (χ2n) is 6.15. The van der Waals surface area contributed by atoms with Crippen LogP contribution in [-0.2, 0) is 14.8 Å². The summed E-state index contributed by atoms with van der Waals surface area (Å²) < 4.78 is 33.6. The van der Waals surface area contributed by atoms with Crippen LogP contribution in [0, 0.1) is 5.92 Å². The number of piperidine rings is 1. The molecule has 2 heterocycles. The average molecular weight is 419 g/mol. The number of carbonyl (C=O) groups is 1. The molecule has 0 aliphatic carbocycles. The third-order valence-electron chi connectivity index (χ3n) is 4.58. The molecule has 144 valence electrons. The van der Waals surface area contributed by atoms with E-state index in [-0.39, 0.29) is 22.2 Å². The minimum atomic E-state index is -3.75. The molecule has 1 aliphatic heterocycles. The van der Waals surface area contributed by atoms with E-state index in [2.05, 4.69) is 5.32 Å². The molecule has 0 bridgehead atoms. The van der Waals surface area contributed by atoms with Gasteiger partial charge in [-0.15, -0.1) is 23.7 Å². The maximum Gasteiger partial charge on any atom is 0.349 e. The Bertz CT molecular complexity index is 874. The molecule has 1 aromatic carbocycles. The number of benzene rings is 1. The summed E-state index contributed by atoms with van der Waals surface area (Å²) in [6.07, 6.45) is 1.63. The Morgan fingerprint density at radius 2 is 1.96 bits per heavy atom. The number of nitrogens with one attached hydrogen (secondary N) is 1. The van der Waals surface area contributed by atoms with Crippen LogP contribution in [0.25, 0.3) is 10.1 Å². The lowest BCUT2D eigenvalue weighted by atomic mass is 9.98. The van der Waals surface area contributed by atoms with E-state index in [0.29, 0.717) is 24.4 Å². The zero-order valence-corrected chi connectivity index (χ0v) is 17.2. The van der Waals surface area contributed by atoms with Crippen LogP contribution in [0.5, 0.6) is 0 Å². The molecule has 3 rings (SSSR count). The van der Waals surface area contributed by atoms with E-state index in [4.69, 9.17) is 4.74 Å². The van der Waals surface area contributed by atoms with Crippen molar-refractivity contribution in [2.45, 2.75) is 17.7 Å². The highest BCUT2D eigenvalue weighted by molar-refractivity contribution is 7.89. The van der Waals surface area contributed by atoms with Crippen LogP contribution >= 0.6 is 23.7 Å². The number of hydrogen-bond acceptors (Lipinski definition) is 6. The topological polar surface area (TPSA) is 75.7 Å². The van der Waals surface area contributed by atoms with Gasteiger partial charge in [0.25, 0.3) is 0 Å². The Kier molecular flexibility index (Phi) is 7.04. The quantitative estimate of drug-likeness (QED) is 0.755. The Morgan fingerprint density at radius 1 is 1.31 bits per heavy atom. The van der Waals surface area contributed by atoms with E-state index >= 15 is 0 Å². The van der Waals surface area contributed by atoms with Gasteiger partial charge in [-0.25, -0.2) is 13.2 Å². The van der Waals surface area contributed by atoms with E-state index in [1.54, 1.807) is 12.1 Å². The lowest BCUT2D eigenvalue weighted by molar-refractivity contribution is 0.0602. The number of nitrogens with zero attached hydrogens (tertiary/aromatic N) is 1. The number of fused-ring (bicyclic) bond motifs is 1. The molecule has 1 fully saturated rings. The highest BCUT2D eigenvalue weighted by Gasteiger charge is 2.35. The number of rotatable bonds is 5. The van der Waals surface area contributed by atoms with Crippen LogP contribution < -0.4 is 5.32 Å². The van der Waals surface area contributed by atoms with Crippen molar-refractivity contribution < 1.29 is 17.9 Å². The van der Waals surface area contributed by atoms with Crippen molar-refractivity contribution in [3.63, 3.8) is 0 Å². The van der Waals surface area contributed by atoms with Crippen molar-refractivity contribution in [2.24, 2.45) is 5.92 Å². The predicted molar refractivity (Wildman–Crippen MR) is 106 cm³/mol. The lowest BCUT2D eigenvalue weighted by Crippen LogP contribution is -2.40. The van der Waals surface area contributed by atoms with Crippen molar-refractivity contribution in [1.82, 2.24) is 9.62 Å². The van der Waals surface area contributed by atoms with Gasteiger partial charge >= 0.3 is 5.97 Å². The number of ether oxygens (including phenoxy) is 1.